The number of ether oxygens (including phenoxy) is 1. The van der Waals surface area contributed by atoms with Gasteiger partial charge in [0.1, 0.15) is 0 Å². The van der Waals surface area contributed by atoms with Crippen molar-refractivity contribution in [1.82, 2.24) is 9.62 Å². The Labute approximate surface area is 131 Å². The molecule has 1 aromatic rings. The van der Waals surface area contributed by atoms with Crippen molar-refractivity contribution in [1.29, 1.82) is 0 Å². The number of carboxylic acids is 1. The largest absolute Gasteiger partial charge is 0.479 e. The summed E-state index contributed by atoms with van der Waals surface area (Å²) in [6.45, 7) is 1.87. The average Bonchev–Trinajstić information content (AvgIpc) is 2.96. The lowest BCUT2D eigenvalue weighted by atomic mass is 10.2. The summed E-state index contributed by atoms with van der Waals surface area (Å²) in [6.07, 6.45) is -1.48. The van der Waals surface area contributed by atoms with Crippen LogP contribution >= 0.6 is 11.3 Å². The van der Waals surface area contributed by atoms with Crippen LogP contribution in [0.5, 0.6) is 0 Å². The van der Waals surface area contributed by atoms with Gasteiger partial charge in [-0.3, -0.25) is 4.79 Å². The highest BCUT2D eigenvalue weighted by atomic mass is 32.2. The summed E-state index contributed by atoms with van der Waals surface area (Å²) in [4.78, 5) is 25.1. The first-order valence-electron chi connectivity index (χ1n) is 6.44. The molecule has 0 spiro atoms. The number of nitrogens with one attached hydrogen (secondary N) is 1. The number of nitrogens with zero attached hydrogens (tertiary/aromatic N) is 1. The molecule has 2 N–H and O–H groups in total. The van der Waals surface area contributed by atoms with E-state index in [4.69, 9.17) is 9.84 Å². The van der Waals surface area contributed by atoms with Gasteiger partial charge in [-0.2, -0.15) is 0 Å². The zero-order chi connectivity index (χ0) is 16.5. The molecule has 8 nitrogen and oxygen atoms in total. The Kier molecular flexibility index (Phi) is 4.85. The fraction of sp³-hybridized carbons (Fsp3) is 0.500. The number of thiophene rings is 1. The molecule has 1 saturated heterocycles. The monoisotopic (exact) mass is 348 g/mol. The van der Waals surface area contributed by atoms with E-state index in [0.29, 0.717) is 0 Å². The molecule has 0 saturated carbocycles. The number of carbonyl (C=O) groups excluding carboxylic acids is 1. The van der Waals surface area contributed by atoms with Crippen LogP contribution < -0.4 is 4.72 Å². The van der Waals surface area contributed by atoms with E-state index in [2.05, 4.69) is 4.72 Å². The molecule has 0 aliphatic carbocycles. The lowest BCUT2D eigenvalue weighted by Crippen LogP contribution is -2.51. The Balaban J connectivity index is 2.19. The van der Waals surface area contributed by atoms with Crippen LogP contribution in [0.2, 0.25) is 0 Å². The summed E-state index contributed by atoms with van der Waals surface area (Å²) < 4.78 is 30.8. The molecule has 2 heterocycles. The van der Waals surface area contributed by atoms with Crippen molar-refractivity contribution in [2.24, 2.45) is 0 Å². The zero-order valence-corrected chi connectivity index (χ0v) is 13.6. The molecule has 122 valence electrons. The Hall–Kier alpha value is -1.49. The fourth-order valence-electron chi connectivity index (χ4n) is 2.10. The zero-order valence-electron chi connectivity index (χ0n) is 12.0. The van der Waals surface area contributed by atoms with E-state index >= 15 is 0 Å². The van der Waals surface area contributed by atoms with Crippen molar-refractivity contribution >= 4 is 33.2 Å². The van der Waals surface area contributed by atoms with Crippen LogP contribution in [0.4, 0.5) is 0 Å². The van der Waals surface area contributed by atoms with Gasteiger partial charge in [-0.05, 0) is 20.0 Å². The first kappa shape index (κ1) is 16.9. The fourth-order valence-corrected chi connectivity index (χ4v) is 4.07. The topological polar surface area (TPSA) is 113 Å². The van der Waals surface area contributed by atoms with Crippen LogP contribution in [-0.4, -0.2) is 62.6 Å². The van der Waals surface area contributed by atoms with E-state index in [1.807, 2.05) is 0 Å². The second-order valence-corrected chi connectivity index (χ2v) is 7.64. The van der Waals surface area contributed by atoms with Crippen LogP contribution in [0.15, 0.2) is 16.3 Å². The minimum atomic E-state index is -3.61. The van der Waals surface area contributed by atoms with E-state index in [9.17, 15) is 18.0 Å². The van der Waals surface area contributed by atoms with Crippen molar-refractivity contribution in [3.8, 4) is 0 Å². The number of hydrogen-bond acceptors (Lipinski definition) is 6. The van der Waals surface area contributed by atoms with Crippen LogP contribution in [0.25, 0.3) is 0 Å². The van der Waals surface area contributed by atoms with Crippen molar-refractivity contribution < 1.29 is 27.9 Å². The first-order valence-corrected chi connectivity index (χ1v) is 8.80. The average molecular weight is 348 g/mol. The predicted octanol–water partition coefficient (Wildman–Crippen LogP) is -0.0297. The molecule has 1 amide bonds. The summed E-state index contributed by atoms with van der Waals surface area (Å²) in [7, 11) is -2.32. The quantitative estimate of drug-likeness (QED) is 0.790. The lowest BCUT2D eigenvalue weighted by molar-refractivity contribution is -0.160. The molecule has 10 heteroatoms. The normalized spacial score (nSPS) is 22.5. The number of hydrogen-bond donors (Lipinski definition) is 2. The third kappa shape index (κ3) is 3.46. The maximum Gasteiger partial charge on any atom is 0.334 e. The van der Waals surface area contributed by atoms with E-state index in [-0.39, 0.29) is 22.9 Å². The maximum absolute atomic E-state index is 12.4. The first-order chi connectivity index (χ1) is 10.2. The molecule has 1 aromatic heterocycles. The van der Waals surface area contributed by atoms with Crippen LogP contribution in [0, 0.1) is 0 Å². The highest BCUT2D eigenvalue weighted by Gasteiger charge is 2.33. The number of sulfonamides is 1. The highest BCUT2D eigenvalue weighted by Crippen LogP contribution is 2.22. The molecule has 1 fully saturated rings. The Bertz CT molecular complexity index is 684. The number of aliphatic carboxylic acids is 1. The second kappa shape index (κ2) is 6.32. The number of carbonyl (C=O) groups is 2. The SMILES string of the molecule is CNS(=O)(=O)c1csc(C(=O)N2CC(C(=O)O)O[C@H](C)C2)c1. The van der Waals surface area contributed by atoms with Gasteiger partial charge in [-0.1, -0.05) is 0 Å². The molecule has 1 aliphatic heterocycles. The van der Waals surface area contributed by atoms with Crippen LogP contribution in [0.3, 0.4) is 0 Å². The standard InChI is InChI=1S/C12H16N2O6S2/c1-7-4-14(5-9(20-7)12(16)17)11(15)10-3-8(6-21-10)22(18,19)13-2/h3,6-7,9,13H,4-5H2,1-2H3,(H,16,17)/t7-,9?/m1/s1. The smallest absolute Gasteiger partial charge is 0.334 e. The number of carboxylic acid groups (broad SMARTS) is 1. The number of amides is 1. The van der Waals surface area contributed by atoms with E-state index in [0.717, 1.165) is 11.3 Å². The van der Waals surface area contributed by atoms with E-state index in [1.54, 1.807) is 6.92 Å². The van der Waals surface area contributed by atoms with Gasteiger partial charge in [0.25, 0.3) is 5.91 Å². The van der Waals surface area contributed by atoms with E-state index in [1.165, 1.54) is 23.4 Å². The molecule has 0 aromatic carbocycles. The van der Waals surface area contributed by atoms with Gasteiger partial charge in [-0.15, -0.1) is 11.3 Å². The highest BCUT2D eigenvalue weighted by molar-refractivity contribution is 7.89. The molecular weight excluding hydrogens is 332 g/mol. The summed E-state index contributed by atoms with van der Waals surface area (Å²) in [5, 5.41) is 10.4. The Morgan fingerprint density at radius 1 is 1.45 bits per heavy atom. The third-order valence-electron chi connectivity index (χ3n) is 3.19. The molecule has 2 atom stereocenters. The molecule has 1 unspecified atom stereocenters. The van der Waals surface area contributed by atoms with Crippen molar-refractivity contribution in [3.05, 3.63) is 16.3 Å². The minimum absolute atomic E-state index is 0.0134. The molecular formula is C12H16N2O6S2. The molecule has 2 rings (SSSR count). The van der Waals surface area contributed by atoms with E-state index < -0.39 is 34.1 Å². The summed E-state index contributed by atoms with van der Waals surface area (Å²) in [5.74, 6) is -1.53. The molecule has 1 aliphatic rings. The lowest BCUT2D eigenvalue weighted by Gasteiger charge is -2.34. The minimum Gasteiger partial charge on any atom is -0.479 e. The number of morpholine rings is 1. The van der Waals surface area contributed by atoms with Gasteiger partial charge in [0, 0.05) is 11.9 Å². The summed E-state index contributed by atoms with van der Waals surface area (Å²) in [5.41, 5.74) is 0. The third-order valence-corrected chi connectivity index (χ3v) is 5.65. The van der Waals surface area contributed by atoms with Crippen molar-refractivity contribution in [3.63, 3.8) is 0 Å². The molecule has 22 heavy (non-hydrogen) atoms. The molecule has 0 bridgehead atoms. The predicted molar refractivity (Wildman–Crippen MR) is 78.4 cm³/mol. The Morgan fingerprint density at radius 3 is 2.73 bits per heavy atom. The summed E-state index contributed by atoms with van der Waals surface area (Å²) >= 11 is 1.01. The van der Waals surface area contributed by atoms with Crippen LogP contribution in [-0.2, 0) is 19.6 Å². The van der Waals surface area contributed by atoms with Gasteiger partial charge >= 0.3 is 5.97 Å². The van der Waals surface area contributed by atoms with Gasteiger partial charge in [-0.25, -0.2) is 17.9 Å². The van der Waals surface area contributed by atoms with Gasteiger partial charge in [0.05, 0.1) is 22.4 Å². The van der Waals surface area contributed by atoms with Crippen LogP contribution in [0.1, 0.15) is 16.6 Å². The van der Waals surface area contributed by atoms with Crippen molar-refractivity contribution in [2.45, 2.75) is 24.0 Å². The molecule has 0 radical (unpaired) electrons. The van der Waals surface area contributed by atoms with Crippen molar-refractivity contribution in [2.75, 3.05) is 20.1 Å². The maximum atomic E-state index is 12.4. The number of rotatable bonds is 4. The summed E-state index contributed by atoms with van der Waals surface area (Å²) in [6, 6.07) is 1.29. The van der Waals surface area contributed by atoms with Gasteiger partial charge in [0.2, 0.25) is 10.0 Å². The Morgan fingerprint density at radius 2 is 2.14 bits per heavy atom. The second-order valence-electron chi connectivity index (χ2n) is 4.84. The van der Waals surface area contributed by atoms with Gasteiger partial charge in [0.15, 0.2) is 6.10 Å². The van der Waals surface area contributed by atoms with Gasteiger partial charge < -0.3 is 14.7 Å².